The van der Waals surface area contributed by atoms with Gasteiger partial charge in [0.1, 0.15) is 5.75 Å². The molecule has 1 amide bonds. The number of amides is 1. The van der Waals surface area contributed by atoms with Crippen LogP contribution in [0.15, 0.2) is 47.6 Å². The first kappa shape index (κ1) is 14.4. The first-order chi connectivity index (χ1) is 9.56. The van der Waals surface area contributed by atoms with Crippen molar-refractivity contribution in [3.05, 3.63) is 63.6 Å². The molecular weight excluding hydrogens is 299 g/mol. The molecule has 0 aliphatic rings. The van der Waals surface area contributed by atoms with Crippen molar-refractivity contribution in [1.82, 2.24) is 5.43 Å². The molecule has 0 atom stereocenters. The highest BCUT2D eigenvalue weighted by atomic mass is 35.5. The summed E-state index contributed by atoms with van der Waals surface area (Å²) in [6.45, 7) is 0. The number of carbonyl (C=O) groups excluding carboxylic acids is 1. The number of phenols is 1. The Morgan fingerprint density at radius 1 is 1.20 bits per heavy atom. The predicted molar refractivity (Wildman–Crippen MR) is 79.6 cm³/mol. The zero-order chi connectivity index (χ0) is 14.5. The molecule has 0 aromatic heterocycles. The van der Waals surface area contributed by atoms with Crippen LogP contribution in [0.25, 0.3) is 0 Å². The second-order valence-corrected chi connectivity index (χ2v) is 4.76. The summed E-state index contributed by atoms with van der Waals surface area (Å²) in [7, 11) is 0. The third kappa shape index (κ3) is 3.73. The fraction of sp³-hybridized carbons (Fsp3) is 0. The largest absolute Gasteiger partial charge is 0.508 e. The molecule has 4 nitrogen and oxygen atoms in total. The maximum atomic E-state index is 11.8. The van der Waals surface area contributed by atoms with E-state index >= 15 is 0 Å². The molecule has 0 aliphatic heterocycles. The standard InChI is InChI=1S/C14H10Cl2N2O2/c15-10-4-5-12(13(16)7-10)14(20)18-17-8-9-2-1-3-11(19)6-9/h1-8,19H,(H,18,20)/b17-8+. The number of rotatable bonds is 3. The zero-order valence-corrected chi connectivity index (χ0v) is 11.7. The summed E-state index contributed by atoms with van der Waals surface area (Å²) in [5.74, 6) is -0.316. The molecule has 0 saturated heterocycles. The van der Waals surface area contributed by atoms with E-state index < -0.39 is 5.91 Å². The van der Waals surface area contributed by atoms with E-state index in [2.05, 4.69) is 10.5 Å². The number of carbonyl (C=O) groups is 1. The van der Waals surface area contributed by atoms with Gasteiger partial charge in [0.15, 0.2) is 0 Å². The Morgan fingerprint density at radius 3 is 2.70 bits per heavy atom. The van der Waals surface area contributed by atoms with Gasteiger partial charge in [-0.05, 0) is 35.9 Å². The molecule has 2 N–H and O–H groups in total. The van der Waals surface area contributed by atoms with Crippen LogP contribution in [0.3, 0.4) is 0 Å². The Morgan fingerprint density at radius 2 is 2.00 bits per heavy atom. The molecule has 102 valence electrons. The molecule has 0 heterocycles. The molecule has 2 rings (SSSR count). The van der Waals surface area contributed by atoms with Crippen LogP contribution in [-0.4, -0.2) is 17.2 Å². The summed E-state index contributed by atoms with van der Waals surface area (Å²) in [6.07, 6.45) is 1.42. The van der Waals surface area contributed by atoms with Gasteiger partial charge in [0, 0.05) is 5.02 Å². The van der Waals surface area contributed by atoms with Crippen LogP contribution in [0.2, 0.25) is 10.0 Å². The van der Waals surface area contributed by atoms with E-state index in [0.717, 1.165) is 0 Å². The van der Waals surface area contributed by atoms with Crippen LogP contribution in [0.1, 0.15) is 15.9 Å². The second-order valence-electron chi connectivity index (χ2n) is 3.92. The van der Waals surface area contributed by atoms with E-state index in [9.17, 15) is 9.90 Å². The van der Waals surface area contributed by atoms with Crippen molar-refractivity contribution in [2.75, 3.05) is 0 Å². The minimum atomic E-state index is -0.442. The third-order valence-electron chi connectivity index (χ3n) is 2.43. The fourth-order valence-electron chi connectivity index (χ4n) is 1.50. The van der Waals surface area contributed by atoms with Gasteiger partial charge >= 0.3 is 0 Å². The number of hydrogen-bond acceptors (Lipinski definition) is 3. The average molecular weight is 309 g/mol. The smallest absolute Gasteiger partial charge is 0.272 e. The third-order valence-corrected chi connectivity index (χ3v) is 2.97. The van der Waals surface area contributed by atoms with Crippen LogP contribution in [-0.2, 0) is 0 Å². The molecule has 0 spiro atoms. The van der Waals surface area contributed by atoms with Gasteiger partial charge in [-0.15, -0.1) is 0 Å². The van der Waals surface area contributed by atoms with Gasteiger partial charge in [0.25, 0.3) is 5.91 Å². The Labute approximate surface area is 125 Å². The molecule has 0 fully saturated rings. The minimum absolute atomic E-state index is 0.126. The van der Waals surface area contributed by atoms with Gasteiger partial charge in [-0.1, -0.05) is 35.3 Å². The highest BCUT2D eigenvalue weighted by Gasteiger charge is 2.09. The lowest BCUT2D eigenvalue weighted by Gasteiger charge is -2.02. The highest BCUT2D eigenvalue weighted by Crippen LogP contribution is 2.20. The van der Waals surface area contributed by atoms with Gasteiger partial charge in [-0.3, -0.25) is 4.79 Å². The summed E-state index contributed by atoms with van der Waals surface area (Å²) in [5.41, 5.74) is 3.29. The molecule has 20 heavy (non-hydrogen) atoms. The quantitative estimate of drug-likeness (QED) is 0.674. The van der Waals surface area contributed by atoms with Gasteiger partial charge in [-0.2, -0.15) is 5.10 Å². The van der Waals surface area contributed by atoms with E-state index in [4.69, 9.17) is 23.2 Å². The number of nitrogens with zero attached hydrogens (tertiary/aromatic N) is 1. The molecule has 0 saturated carbocycles. The minimum Gasteiger partial charge on any atom is -0.508 e. The number of halogens is 2. The summed E-state index contributed by atoms with van der Waals surface area (Å²) >= 11 is 11.7. The van der Waals surface area contributed by atoms with E-state index in [1.54, 1.807) is 24.3 Å². The summed E-state index contributed by atoms with van der Waals surface area (Å²) in [4.78, 5) is 11.8. The summed E-state index contributed by atoms with van der Waals surface area (Å²) < 4.78 is 0. The normalized spacial score (nSPS) is 10.7. The highest BCUT2D eigenvalue weighted by molar-refractivity contribution is 6.36. The van der Waals surface area contributed by atoms with Crippen LogP contribution in [0, 0.1) is 0 Å². The Balaban J connectivity index is 2.05. The number of hydrogen-bond donors (Lipinski definition) is 2. The van der Waals surface area contributed by atoms with Crippen molar-refractivity contribution in [3.8, 4) is 5.75 Å². The lowest BCUT2D eigenvalue weighted by molar-refractivity contribution is 0.0955. The Kier molecular flexibility index (Phi) is 4.61. The van der Waals surface area contributed by atoms with Crippen LogP contribution < -0.4 is 5.43 Å². The summed E-state index contributed by atoms with van der Waals surface area (Å²) in [5, 5.41) is 13.8. The molecule has 2 aromatic carbocycles. The maximum Gasteiger partial charge on any atom is 0.272 e. The van der Waals surface area contributed by atoms with E-state index in [1.165, 1.54) is 24.4 Å². The van der Waals surface area contributed by atoms with Crippen molar-refractivity contribution in [2.45, 2.75) is 0 Å². The molecule has 0 unspecified atom stereocenters. The lowest BCUT2D eigenvalue weighted by Crippen LogP contribution is -2.17. The Bertz CT molecular complexity index is 672. The van der Waals surface area contributed by atoms with E-state index in [0.29, 0.717) is 10.6 Å². The molecular formula is C14H10Cl2N2O2. The predicted octanol–water partition coefficient (Wildman–Crippen LogP) is 3.46. The second kappa shape index (κ2) is 6.41. The fourth-order valence-corrected chi connectivity index (χ4v) is 2.00. The molecule has 6 heteroatoms. The number of hydrazone groups is 1. The van der Waals surface area contributed by atoms with E-state index in [-0.39, 0.29) is 16.3 Å². The SMILES string of the molecule is O=C(N/N=C/c1cccc(O)c1)c1ccc(Cl)cc1Cl. The van der Waals surface area contributed by atoms with Crippen molar-refractivity contribution in [3.63, 3.8) is 0 Å². The number of aromatic hydroxyl groups is 1. The van der Waals surface area contributed by atoms with Crippen molar-refractivity contribution < 1.29 is 9.90 Å². The number of nitrogens with one attached hydrogen (secondary N) is 1. The van der Waals surface area contributed by atoms with Crippen molar-refractivity contribution >= 4 is 35.3 Å². The summed E-state index contributed by atoms with van der Waals surface area (Å²) in [6, 6.07) is 11.1. The topological polar surface area (TPSA) is 61.7 Å². The van der Waals surface area contributed by atoms with Gasteiger partial charge < -0.3 is 5.11 Å². The van der Waals surface area contributed by atoms with Gasteiger partial charge in [-0.25, -0.2) is 5.43 Å². The van der Waals surface area contributed by atoms with Crippen molar-refractivity contribution in [1.29, 1.82) is 0 Å². The van der Waals surface area contributed by atoms with E-state index in [1.807, 2.05) is 0 Å². The van der Waals surface area contributed by atoms with Crippen LogP contribution >= 0.6 is 23.2 Å². The van der Waals surface area contributed by atoms with Gasteiger partial charge in [0.2, 0.25) is 0 Å². The average Bonchev–Trinajstić information content (AvgIpc) is 2.38. The molecule has 0 aliphatic carbocycles. The van der Waals surface area contributed by atoms with Gasteiger partial charge in [0.05, 0.1) is 16.8 Å². The lowest BCUT2D eigenvalue weighted by atomic mass is 10.2. The molecule has 0 bridgehead atoms. The monoisotopic (exact) mass is 308 g/mol. The van der Waals surface area contributed by atoms with Crippen molar-refractivity contribution in [2.24, 2.45) is 5.10 Å². The maximum absolute atomic E-state index is 11.8. The van der Waals surface area contributed by atoms with Crippen LogP contribution in [0.5, 0.6) is 5.75 Å². The first-order valence-electron chi connectivity index (χ1n) is 5.64. The first-order valence-corrected chi connectivity index (χ1v) is 6.39. The van der Waals surface area contributed by atoms with Crippen LogP contribution in [0.4, 0.5) is 0 Å². The number of benzene rings is 2. The zero-order valence-electron chi connectivity index (χ0n) is 10.2. The molecule has 0 radical (unpaired) electrons. The number of phenolic OH excluding ortho intramolecular Hbond substituents is 1. The molecule has 2 aromatic rings. The Hall–Kier alpha value is -2.04.